The molecule has 1 saturated carbocycles. The molecule has 1 amide bonds. The van der Waals surface area contributed by atoms with Gasteiger partial charge in [0.25, 0.3) is 5.91 Å². The molecule has 1 heterocycles. The fraction of sp³-hybridized carbons (Fsp3) is 0.474. The van der Waals surface area contributed by atoms with Crippen LogP contribution in [-0.4, -0.2) is 45.4 Å². The third kappa shape index (κ3) is 3.85. The molecule has 5 heteroatoms. The maximum absolute atomic E-state index is 12.4. The van der Waals surface area contributed by atoms with Crippen LogP contribution in [0.5, 0.6) is 0 Å². The number of aromatic nitrogens is 2. The molecule has 1 unspecified atom stereocenters. The Morgan fingerprint density at radius 1 is 1.33 bits per heavy atom. The van der Waals surface area contributed by atoms with Gasteiger partial charge in [-0.3, -0.25) is 9.48 Å². The topological polar surface area (TPSA) is 58.4 Å². The molecule has 0 bridgehead atoms. The zero-order valence-corrected chi connectivity index (χ0v) is 14.6. The van der Waals surface area contributed by atoms with E-state index in [2.05, 4.69) is 11.2 Å². The minimum atomic E-state index is -0.399. The molecule has 1 aliphatic rings. The average Bonchev–Trinajstić information content (AvgIpc) is 3.34. The number of aliphatic hydroxyl groups is 1. The number of hydrogen-bond donors (Lipinski definition) is 1. The molecule has 0 aliphatic heterocycles. The van der Waals surface area contributed by atoms with Crippen LogP contribution in [0.1, 0.15) is 40.2 Å². The van der Waals surface area contributed by atoms with Crippen LogP contribution in [-0.2, 0) is 6.54 Å². The summed E-state index contributed by atoms with van der Waals surface area (Å²) in [5, 5.41) is 14.4. The van der Waals surface area contributed by atoms with Gasteiger partial charge in [0.1, 0.15) is 0 Å². The van der Waals surface area contributed by atoms with Crippen LogP contribution in [0.3, 0.4) is 0 Å². The van der Waals surface area contributed by atoms with Gasteiger partial charge in [0, 0.05) is 24.8 Å². The number of benzene rings is 1. The molecule has 0 saturated heterocycles. The molecule has 2 aromatic rings. The van der Waals surface area contributed by atoms with Crippen LogP contribution >= 0.6 is 0 Å². The number of carbonyl (C=O) groups is 1. The highest BCUT2D eigenvalue weighted by molar-refractivity contribution is 5.94. The summed E-state index contributed by atoms with van der Waals surface area (Å²) in [5.74, 6) is 0.329. The first kappa shape index (κ1) is 16.7. The van der Waals surface area contributed by atoms with Gasteiger partial charge in [-0.25, -0.2) is 0 Å². The van der Waals surface area contributed by atoms with E-state index in [4.69, 9.17) is 0 Å². The number of amides is 1. The summed E-state index contributed by atoms with van der Waals surface area (Å²) < 4.78 is 1.96. The van der Waals surface area contributed by atoms with Crippen molar-refractivity contribution in [2.24, 2.45) is 5.92 Å². The predicted octanol–water partition coefficient (Wildman–Crippen LogP) is 2.39. The largest absolute Gasteiger partial charge is 0.391 e. The third-order valence-electron chi connectivity index (χ3n) is 4.61. The number of rotatable bonds is 6. The molecule has 3 rings (SSSR count). The van der Waals surface area contributed by atoms with Crippen molar-refractivity contribution in [2.75, 3.05) is 13.6 Å². The highest BCUT2D eigenvalue weighted by atomic mass is 16.3. The van der Waals surface area contributed by atoms with E-state index in [1.807, 2.05) is 42.8 Å². The predicted molar refractivity (Wildman–Crippen MR) is 92.9 cm³/mol. The summed E-state index contributed by atoms with van der Waals surface area (Å²) >= 11 is 0. The molecule has 1 fully saturated rings. The van der Waals surface area contributed by atoms with E-state index in [0.717, 1.165) is 29.8 Å². The van der Waals surface area contributed by atoms with Crippen LogP contribution in [0.4, 0.5) is 0 Å². The average molecular weight is 327 g/mol. The van der Waals surface area contributed by atoms with Crippen LogP contribution in [0.25, 0.3) is 0 Å². The molecule has 0 spiro atoms. The van der Waals surface area contributed by atoms with Crippen LogP contribution in [0.2, 0.25) is 0 Å². The van der Waals surface area contributed by atoms with Crippen molar-refractivity contribution in [3.05, 3.63) is 52.8 Å². The summed E-state index contributed by atoms with van der Waals surface area (Å²) in [4.78, 5) is 14.1. The zero-order valence-electron chi connectivity index (χ0n) is 14.6. The van der Waals surface area contributed by atoms with Crippen molar-refractivity contribution >= 4 is 5.91 Å². The Morgan fingerprint density at radius 2 is 2.00 bits per heavy atom. The van der Waals surface area contributed by atoms with E-state index in [0.29, 0.717) is 24.6 Å². The fourth-order valence-electron chi connectivity index (χ4n) is 2.97. The van der Waals surface area contributed by atoms with Gasteiger partial charge in [-0.15, -0.1) is 0 Å². The van der Waals surface area contributed by atoms with Crippen molar-refractivity contribution in [1.82, 2.24) is 14.7 Å². The summed E-state index contributed by atoms with van der Waals surface area (Å²) in [6.07, 6.45) is 1.75. The first-order chi connectivity index (χ1) is 11.4. The zero-order chi connectivity index (χ0) is 17.3. The maximum Gasteiger partial charge on any atom is 0.253 e. The summed E-state index contributed by atoms with van der Waals surface area (Å²) in [7, 11) is 1.75. The first-order valence-corrected chi connectivity index (χ1v) is 8.47. The molecular formula is C19H25N3O2. The van der Waals surface area contributed by atoms with Gasteiger partial charge >= 0.3 is 0 Å². The Labute approximate surface area is 142 Å². The van der Waals surface area contributed by atoms with Crippen molar-refractivity contribution in [3.63, 3.8) is 0 Å². The Hall–Kier alpha value is -2.14. The van der Waals surface area contributed by atoms with Crippen molar-refractivity contribution in [3.8, 4) is 0 Å². The minimum Gasteiger partial charge on any atom is -0.391 e. The number of aryl methyl sites for hydroxylation is 2. The van der Waals surface area contributed by atoms with Crippen molar-refractivity contribution in [1.29, 1.82) is 0 Å². The number of aliphatic hydroxyl groups excluding tert-OH is 1. The molecule has 128 valence electrons. The van der Waals surface area contributed by atoms with E-state index in [1.165, 1.54) is 0 Å². The smallest absolute Gasteiger partial charge is 0.253 e. The highest BCUT2D eigenvalue weighted by Crippen LogP contribution is 2.32. The van der Waals surface area contributed by atoms with E-state index in [-0.39, 0.29) is 5.91 Å². The Bertz CT molecular complexity index is 717. The third-order valence-corrected chi connectivity index (χ3v) is 4.61. The number of carbonyl (C=O) groups excluding carboxylic acids is 1. The van der Waals surface area contributed by atoms with Gasteiger partial charge < -0.3 is 10.0 Å². The minimum absolute atomic E-state index is 0.0487. The second-order valence-electron chi connectivity index (χ2n) is 6.87. The van der Waals surface area contributed by atoms with E-state index < -0.39 is 6.10 Å². The Morgan fingerprint density at radius 3 is 2.54 bits per heavy atom. The van der Waals surface area contributed by atoms with Gasteiger partial charge in [0.15, 0.2) is 0 Å². The molecule has 24 heavy (non-hydrogen) atoms. The lowest BCUT2D eigenvalue weighted by Crippen LogP contribution is -2.35. The molecule has 0 radical (unpaired) electrons. The van der Waals surface area contributed by atoms with Crippen LogP contribution < -0.4 is 0 Å². The normalized spacial score (nSPS) is 15.3. The highest BCUT2D eigenvalue weighted by Gasteiger charge is 2.31. The molecule has 1 N–H and O–H groups in total. The Kier molecular flexibility index (Phi) is 4.71. The summed E-state index contributed by atoms with van der Waals surface area (Å²) in [6.45, 7) is 5.12. The second kappa shape index (κ2) is 6.77. The van der Waals surface area contributed by atoms with Gasteiger partial charge in [-0.05, 0) is 56.4 Å². The molecule has 1 atom stereocenters. The first-order valence-electron chi connectivity index (χ1n) is 8.47. The van der Waals surface area contributed by atoms with E-state index in [1.54, 1.807) is 11.9 Å². The SMILES string of the molecule is Cc1cc(C)n(Cc2ccc(C(=O)N(C)CC(O)C3CC3)cc2)n1. The van der Waals surface area contributed by atoms with E-state index >= 15 is 0 Å². The lowest BCUT2D eigenvalue weighted by atomic mass is 10.1. The standard InChI is InChI=1S/C19H25N3O2/c1-13-10-14(2)22(20-13)11-15-4-6-17(7-5-15)19(24)21(3)12-18(23)16-8-9-16/h4-7,10,16,18,23H,8-9,11-12H2,1-3H3. The fourth-order valence-corrected chi connectivity index (χ4v) is 2.97. The maximum atomic E-state index is 12.4. The summed E-state index contributed by atoms with van der Waals surface area (Å²) in [5.41, 5.74) is 3.90. The number of likely N-dealkylation sites (N-methyl/N-ethyl adjacent to an activating group) is 1. The Balaban J connectivity index is 1.62. The molecule has 5 nitrogen and oxygen atoms in total. The second-order valence-corrected chi connectivity index (χ2v) is 6.87. The van der Waals surface area contributed by atoms with Crippen LogP contribution in [0.15, 0.2) is 30.3 Å². The molecular weight excluding hydrogens is 302 g/mol. The van der Waals surface area contributed by atoms with Crippen LogP contribution in [0, 0.1) is 19.8 Å². The molecule has 1 aromatic heterocycles. The quantitative estimate of drug-likeness (QED) is 0.886. The monoisotopic (exact) mass is 327 g/mol. The van der Waals surface area contributed by atoms with Crippen molar-refractivity contribution < 1.29 is 9.90 Å². The molecule has 1 aliphatic carbocycles. The van der Waals surface area contributed by atoms with E-state index in [9.17, 15) is 9.90 Å². The number of hydrogen-bond acceptors (Lipinski definition) is 3. The van der Waals surface area contributed by atoms with Gasteiger partial charge in [0.2, 0.25) is 0 Å². The van der Waals surface area contributed by atoms with Gasteiger partial charge in [0.05, 0.1) is 18.3 Å². The summed E-state index contributed by atoms with van der Waals surface area (Å²) in [6, 6.07) is 9.69. The van der Waals surface area contributed by atoms with Gasteiger partial charge in [-0.2, -0.15) is 5.10 Å². The number of nitrogens with zero attached hydrogens (tertiary/aromatic N) is 3. The lowest BCUT2D eigenvalue weighted by molar-refractivity contribution is 0.0645. The molecule has 1 aromatic carbocycles. The lowest BCUT2D eigenvalue weighted by Gasteiger charge is -2.21. The van der Waals surface area contributed by atoms with Gasteiger partial charge in [-0.1, -0.05) is 12.1 Å². The van der Waals surface area contributed by atoms with Crippen molar-refractivity contribution in [2.45, 2.75) is 39.3 Å².